The number of hydrogen-bond acceptors (Lipinski definition) is 3. The second kappa shape index (κ2) is 9.44. The molecule has 2 aromatic rings. The molecule has 0 spiro atoms. The van der Waals surface area contributed by atoms with Crippen LogP contribution in [0, 0.1) is 0 Å². The molecule has 0 radical (unpaired) electrons. The van der Waals surface area contributed by atoms with E-state index in [-0.39, 0.29) is 36.8 Å². The van der Waals surface area contributed by atoms with Crippen LogP contribution in [0.5, 0.6) is 5.75 Å². The monoisotopic (exact) mass is 387 g/mol. The Morgan fingerprint density at radius 1 is 0.964 bits per heavy atom. The Morgan fingerprint density at radius 3 is 2.39 bits per heavy atom. The summed E-state index contributed by atoms with van der Waals surface area (Å²) < 4.78 is 28.5. The molecule has 1 aliphatic rings. The smallest absolute Gasteiger partial charge is 0.387 e. The Balaban J connectivity index is 1.44. The molecule has 148 valence electrons. The molecule has 0 atom stereocenters. The van der Waals surface area contributed by atoms with Crippen molar-refractivity contribution >= 4 is 11.7 Å². The van der Waals surface area contributed by atoms with E-state index in [1.807, 2.05) is 18.2 Å². The van der Waals surface area contributed by atoms with Gasteiger partial charge in [0.2, 0.25) is 5.91 Å². The number of carbonyl (C=O) groups is 2. The van der Waals surface area contributed by atoms with Crippen LogP contribution in [0.3, 0.4) is 0 Å². The molecule has 0 aromatic heterocycles. The summed E-state index contributed by atoms with van der Waals surface area (Å²) in [6.07, 6.45) is 4.71. The number of benzene rings is 2. The predicted octanol–water partition coefficient (Wildman–Crippen LogP) is 4.45. The molecule has 0 saturated heterocycles. The van der Waals surface area contributed by atoms with Crippen molar-refractivity contribution in [2.75, 3.05) is 0 Å². The highest BCUT2D eigenvalue weighted by Gasteiger charge is 2.14. The average Bonchev–Trinajstić information content (AvgIpc) is 2.70. The molecule has 1 N–H and O–H groups in total. The maximum Gasteiger partial charge on any atom is 0.387 e. The SMILES string of the molecule is O=C(CCC(=O)c1ccc2c(c1)CCCC2)NCc1ccc(OC(F)F)cc1. The van der Waals surface area contributed by atoms with Gasteiger partial charge in [-0.3, -0.25) is 9.59 Å². The van der Waals surface area contributed by atoms with Gasteiger partial charge < -0.3 is 10.1 Å². The summed E-state index contributed by atoms with van der Waals surface area (Å²) in [6, 6.07) is 11.9. The van der Waals surface area contributed by atoms with Crippen LogP contribution in [0.2, 0.25) is 0 Å². The van der Waals surface area contributed by atoms with Crippen molar-refractivity contribution in [1.82, 2.24) is 5.32 Å². The van der Waals surface area contributed by atoms with Gasteiger partial charge in [-0.05, 0) is 60.6 Å². The lowest BCUT2D eigenvalue weighted by molar-refractivity contribution is -0.121. The van der Waals surface area contributed by atoms with Gasteiger partial charge in [0.15, 0.2) is 5.78 Å². The molecule has 6 heteroatoms. The lowest BCUT2D eigenvalue weighted by Crippen LogP contribution is -2.23. The van der Waals surface area contributed by atoms with Crippen LogP contribution >= 0.6 is 0 Å². The van der Waals surface area contributed by atoms with E-state index < -0.39 is 6.61 Å². The van der Waals surface area contributed by atoms with E-state index in [2.05, 4.69) is 10.1 Å². The number of amides is 1. The minimum Gasteiger partial charge on any atom is -0.435 e. The molecule has 3 rings (SSSR count). The van der Waals surface area contributed by atoms with Gasteiger partial charge in [-0.25, -0.2) is 0 Å². The van der Waals surface area contributed by atoms with Crippen molar-refractivity contribution < 1.29 is 23.1 Å². The minimum atomic E-state index is -2.86. The van der Waals surface area contributed by atoms with Gasteiger partial charge in [0.25, 0.3) is 0 Å². The number of rotatable bonds is 8. The van der Waals surface area contributed by atoms with Crippen LogP contribution in [0.4, 0.5) is 8.78 Å². The van der Waals surface area contributed by atoms with Gasteiger partial charge in [0.1, 0.15) is 5.75 Å². The number of alkyl halides is 2. The summed E-state index contributed by atoms with van der Waals surface area (Å²) in [7, 11) is 0. The zero-order valence-electron chi connectivity index (χ0n) is 15.5. The third-order valence-electron chi connectivity index (χ3n) is 4.89. The lowest BCUT2D eigenvalue weighted by Gasteiger charge is -2.16. The van der Waals surface area contributed by atoms with E-state index in [0.29, 0.717) is 5.56 Å². The second-order valence-corrected chi connectivity index (χ2v) is 6.91. The predicted molar refractivity (Wildman–Crippen MR) is 102 cm³/mol. The Bertz CT molecular complexity index is 834. The zero-order chi connectivity index (χ0) is 19.9. The highest BCUT2D eigenvalue weighted by atomic mass is 19.3. The van der Waals surface area contributed by atoms with Crippen molar-refractivity contribution in [2.24, 2.45) is 0 Å². The van der Waals surface area contributed by atoms with Crippen molar-refractivity contribution in [3.63, 3.8) is 0 Å². The minimum absolute atomic E-state index is 0.0305. The molecule has 0 unspecified atom stereocenters. The summed E-state index contributed by atoms with van der Waals surface area (Å²) in [5, 5.41) is 2.74. The van der Waals surface area contributed by atoms with E-state index in [0.717, 1.165) is 24.8 Å². The normalized spacial score (nSPS) is 13.1. The molecule has 1 aliphatic carbocycles. The first-order valence-corrected chi connectivity index (χ1v) is 9.47. The van der Waals surface area contributed by atoms with Crippen molar-refractivity contribution in [1.29, 1.82) is 0 Å². The van der Waals surface area contributed by atoms with Crippen molar-refractivity contribution in [3.8, 4) is 5.75 Å². The van der Waals surface area contributed by atoms with Gasteiger partial charge in [-0.2, -0.15) is 8.78 Å². The van der Waals surface area contributed by atoms with Crippen molar-refractivity contribution in [2.45, 2.75) is 51.7 Å². The molecule has 0 heterocycles. The molecule has 2 aromatic carbocycles. The van der Waals surface area contributed by atoms with Gasteiger partial charge in [-0.15, -0.1) is 0 Å². The van der Waals surface area contributed by atoms with Crippen LogP contribution in [0.1, 0.15) is 52.7 Å². The third kappa shape index (κ3) is 5.62. The maximum atomic E-state index is 12.4. The van der Waals surface area contributed by atoms with Crippen LogP contribution < -0.4 is 10.1 Å². The number of halogens is 2. The zero-order valence-corrected chi connectivity index (χ0v) is 15.5. The van der Waals surface area contributed by atoms with Crippen LogP contribution in [-0.2, 0) is 24.2 Å². The first-order chi connectivity index (χ1) is 13.5. The van der Waals surface area contributed by atoms with Gasteiger partial charge in [-0.1, -0.05) is 24.3 Å². The number of hydrogen-bond donors (Lipinski definition) is 1. The number of carbonyl (C=O) groups excluding carboxylic acids is 2. The van der Waals surface area contributed by atoms with Crippen LogP contribution in [-0.4, -0.2) is 18.3 Å². The molecule has 0 aliphatic heterocycles. The molecule has 28 heavy (non-hydrogen) atoms. The maximum absolute atomic E-state index is 12.4. The number of fused-ring (bicyclic) bond motifs is 1. The first-order valence-electron chi connectivity index (χ1n) is 9.47. The Labute approximate surface area is 162 Å². The van der Waals surface area contributed by atoms with E-state index in [1.165, 1.54) is 29.7 Å². The summed E-state index contributed by atoms with van der Waals surface area (Å²) in [4.78, 5) is 24.4. The summed E-state index contributed by atoms with van der Waals surface area (Å²) in [5.41, 5.74) is 4.00. The summed E-state index contributed by atoms with van der Waals surface area (Å²) in [5.74, 6) is -0.183. The number of Topliss-reactive ketones (excluding diaryl/α,β-unsaturated/α-hetero) is 1. The highest BCUT2D eigenvalue weighted by Crippen LogP contribution is 2.23. The van der Waals surface area contributed by atoms with E-state index in [1.54, 1.807) is 12.1 Å². The fourth-order valence-corrected chi connectivity index (χ4v) is 3.36. The molecular weight excluding hydrogens is 364 g/mol. The molecule has 0 fully saturated rings. The molecule has 0 saturated carbocycles. The van der Waals surface area contributed by atoms with Crippen molar-refractivity contribution in [3.05, 3.63) is 64.7 Å². The second-order valence-electron chi connectivity index (χ2n) is 6.91. The number of aryl methyl sites for hydroxylation is 2. The number of nitrogens with one attached hydrogen (secondary N) is 1. The highest BCUT2D eigenvalue weighted by molar-refractivity contribution is 5.98. The van der Waals surface area contributed by atoms with E-state index in [9.17, 15) is 18.4 Å². The standard InChI is InChI=1S/C22H23F2NO3/c23-22(24)28-19-9-5-15(6-10-19)14-25-21(27)12-11-20(26)18-8-7-16-3-1-2-4-17(16)13-18/h5-10,13,22H,1-4,11-12,14H2,(H,25,27). The van der Waals surface area contributed by atoms with Gasteiger partial charge in [0.05, 0.1) is 0 Å². The first kappa shape index (κ1) is 20.0. The van der Waals surface area contributed by atoms with E-state index in [4.69, 9.17) is 0 Å². The van der Waals surface area contributed by atoms with E-state index >= 15 is 0 Å². The number of ketones is 1. The van der Waals surface area contributed by atoms with Crippen LogP contribution in [0.15, 0.2) is 42.5 Å². The molecule has 0 bridgehead atoms. The van der Waals surface area contributed by atoms with Gasteiger partial charge >= 0.3 is 6.61 Å². The Morgan fingerprint density at radius 2 is 1.68 bits per heavy atom. The number of ether oxygens (including phenoxy) is 1. The quantitative estimate of drug-likeness (QED) is 0.681. The fourth-order valence-electron chi connectivity index (χ4n) is 3.36. The largest absolute Gasteiger partial charge is 0.435 e. The lowest BCUT2D eigenvalue weighted by atomic mass is 9.89. The summed E-state index contributed by atoms with van der Waals surface area (Å²) in [6.45, 7) is -2.60. The Kier molecular flexibility index (Phi) is 6.74. The average molecular weight is 387 g/mol. The topological polar surface area (TPSA) is 55.4 Å². The molecular formula is C22H23F2NO3. The van der Waals surface area contributed by atoms with Gasteiger partial charge in [0, 0.05) is 24.9 Å². The van der Waals surface area contributed by atoms with Crippen LogP contribution in [0.25, 0.3) is 0 Å². The molecule has 4 nitrogen and oxygen atoms in total. The molecule has 1 amide bonds. The third-order valence-corrected chi connectivity index (χ3v) is 4.89. The summed E-state index contributed by atoms with van der Waals surface area (Å²) >= 11 is 0. The Hall–Kier alpha value is -2.76. The fraction of sp³-hybridized carbons (Fsp3) is 0.364.